The molecule has 0 fully saturated rings. The van der Waals surface area contributed by atoms with Gasteiger partial charge in [0.05, 0.1) is 6.61 Å². The number of aldehydes is 1. The quantitative estimate of drug-likeness (QED) is 0.716. The summed E-state index contributed by atoms with van der Waals surface area (Å²) in [6.07, 6.45) is 0.816. The molecule has 0 aromatic heterocycles. The Morgan fingerprint density at radius 3 is 2.69 bits per heavy atom. The fourth-order valence-electron chi connectivity index (χ4n) is 1.12. The second-order valence-corrected chi connectivity index (χ2v) is 3.79. The van der Waals surface area contributed by atoms with E-state index in [0.717, 1.165) is 11.8 Å². The molecule has 2 nitrogen and oxygen atoms in total. The van der Waals surface area contributed by atoms with Gasteiger partial charge in [-0.3, -0.25) is 4.79 Å². The highest BCUT2D eigenvalue weighted by Crippen LogP contribution is 2.22. The third-order valence-corrected chi connectivity index (χ3v) is 2.20. The van der Waals surface area contributed by atoms with Crippen LogP contribution in [0.25, 0.3) is 0 Å². The SMILES string of the molecule is CC(C)(CO)c1cccc(C=O)c1. The van der Waals surface area contributed by atoms with E-state index in [0.29, 0.717) is 5.56 Å². The Labute approximate surface area is 78.2 Å². The summed E-state index contributed by atoms with van der Waals surface area (Å²) in [7, 11) is 0. The third-order valence-electron chi connectivity index (χ3n) is 2.20. The summed E-state index contributed by atoms with van der Waals surface area (Å²) in [6, 6.07) is 7.31. The maximum atomic E-state index is 10.5. The first-order valence-electron chi connectivity index (χ1n) is 4.27. The lowest BCUT2D eigenvalue weighted by Gasteiger charge is -2.22. The van der Waals surface area contributed by atoms with Crippen LogP contribution in [0.15, 0.2) is 24.3 Å². The first-order valence-corrected chi connectivity index (χ1v) is 4.27. The molecule has 0 unspecified atom stereocenters. The van der Waals surface area contributed by atoms with Gasteiger partial charge >= 0.3 is 0 Å². The van der Waals surface area contributed by atoms with Crippen molar-refractivity contribution in [2.24, 2.45) is 0 Å². The van der Waals surface area contributed by atoms with E-state index in [1.165, 1.54) is 0 Å². The molecule has 70 valence electrons. The molecule has 1 aromatic carbocycles. The van der Waals surface area contributed by atoms with E-state index < -0.39 is 0 Å². The van der Waals surface area contributed by atoms with E-state index in [9.17, 15) is 4.79 Å². The molecule has 1 aromatic rings. The zero-order chi connectivity index (χ0) is 9.90. The van der Waals surface area contributed by atoms with Crippen molar-refractivity contribution in [2.75, 3.05) is 6.61 Å². The van der Waals surface area contributed by atoms with Crippen LogP contribution in [-0.2, 0) is 5.41 Å². The van der Waals surface area contributed by atoms with Gasteiger partial charge in [-0.1, -0.05) is 32.0 Å². The first kappa shape index (κ1) is 9.93. The van der Waals surface area contributed by atoms with E-state index in [2.05, 4.69) is 0 Å². The van der Waals surface area contributed by atoms with E-state index in [1.807, 2.05) is 32.0 Å². The van der Waals surface area contributed by atoms with Crippen LogP contribution in [0.2, 0.25) is 0 Å². The van der Waals surface area contributed by atoms with Crippen molar-refractivity contribution in [3.8, 4) is 0 Å². The summed E-state index contributed by atoms with van der Waals surface area (Å²) >= 11 is 0. The highest BCUT2D eigenvalue weighted by molar-refractivity contribution is 5.75. The molecule has 0 aliphatic carbocycles. The lowest BCUT2D eigenvalue weighted by molar-refractivity contribution is 0.112. The first-order chi connectivity index (χ1) is 6.10. The molecule has 0 heterocycles. The van der Waals surface area contributed by atoms with E-state index >= 15 is 0 Å². The van der Waals surface area contributed by atoms with E-state index in [-0.39, 0.29) is 12.0 Å². The summed E-state index contributed by atoms with van der Waals surface area (Å²) in [4.78, 5) is 10.5. The molecule has 0 aliphatic heterocycles. The Hall–Kier alpha value is -1.15. The molecule has 0 atom stereocenters. The predicted octanol–water partition coefficient (Wildman–Crippen LogP) is 1.77. The number of aliphatic hydroxyl groups is 1. The second-order valence-electron chi connectivity index (χ2n) is 3.79. The lowest BCUT2D eigenvalue weighted by atomic mass is 9.85. The number of hydrogen-bond acceptors (Lipinski definition) is 2. The van der Waals surface area contributed by atoms with Crippen LogP contribution in [-0.4, -0.2) is 18.0 Å². The largest absolute Gasteiger partial charge is 0.395 e. The highest BCUT2D eigenvalue weighted by atomic mass is 16.3. The monoisotopic (exact) mass is 178 g/mol. The number of carbonyl (C=O) groups is 1. The Morgan fingerprint density at radius 2 is 2.15 bits per heavy atom. The average Bonchev–Trinajstić information content (AvgIpc) is 2.18. The zero-order valence-electron chi connectivity index (χ0n) is 7.95. The molecule has 13 heavy (non-hydrogen) atoms. The van der Waals surface area contributed by atoms with Crippen LogP contribution >= 0.6 is 0 Å². The van der Waals surface area contributed by atoms with Crippen LogP contribution in [0, 0.1) is 0 Å². The van der Waals surface area contributed by atoms with Crippen LogP contribution in [0.4, 0.5) is 0 Å². The Kier molecular flexibility index (Phi) is 2.83. The minimum absolute atomic E-state index is 0.0787. The minimum atomic E-state index is -0.279. The number of carbonyl (C=O) groups excluding carboxylic acids is 1. The van der Waals surface area contributed by atoms with Gasteiger partial charge in [0.15, 0.2) is 0 Å². The molecular weight excluding hydrogens is 164 g/mol. The number of rotatable bonds is 3. The molecule has 0 spiro atoms. The van der Waals surface area contributed by atoms with Crippen molar-refractivity contribution in [3.63, 3.8) is 0 Å². The van der Waals surface area contributed by atoms with Crippen LogP contribution < -0.4 is 0 Å². The second kappa shape index (κ2) is 3.71. The molecule has 0 saturated carbocycles. The van der Waals surface area contributed by atoms with Crippen molar-refractivity contribution >= 4 is 6.29 Å². The van der Waals surface area contributed by atoms with Gasteiger partial charge in [-0.15, -0.1) is 0 Å². The van der Waals surface area contributed by atoms with E-state index in [4.69, 9.17) is 5.11 Å². The molecule has 2 heteroatoms. The van der Waals surface area contributed by atoms with Crippen molar-refractivity contribution in [2.45, 2.75) is 19.3 Å². The topological polar surface area (TPSA) is 37.3 Å². The van der Waals surface area contributed by atoms with Gasteiger partial charge in [0.1, 0.15) is 6.29 Å². The fourth-order valence-corrected chi connectivity index (χ4v) is 1.12. The average molecular weight is 178 g/mol. The molecule has 0 amide bonds. The van der Waals surface area contributed by atoms with Crippen LogP contribution in [0.3, 0.4) is 0 Å². The summed E-state index contributed by atoms with van der Waals surface area (Å²) in [6.45, 7) is 3.96. The summed E-state index contributed by atoms with van der Waals surface area (Å²) in [5.74, 6) is 0. The van der Waals surface area contributed by atoms with Crippen molar-refractivity contribution < 1.29 is 9.90 Å². The van der Waals surface area contributed by atoms with Gasteiger partial charge in [-0.05, 0) is 11.6 Å². The van der Waals surface area contributed by atoms with Crippen molar-refractivity contribution in [1.82, 2.24) is 0 Å². The summed E-state index contributed by atoms with van der Waals surface area (Å²) < 4.78 is 0. The fraction of sp³-hybridized carbons (Fsp3) is 0.364. The third kappa shape index (κ3) is 2.16. The minimum Gasteiger partial charge on any atom is -0.395 e. The molecule has 0 saturated heterocycles. The van der Waals surface area contributed by atoms with Gasteiger partial charge in [0.25, 0.3) is 0 Å². The normalized spacial score (nSPS) is 11.3. The number of aliphatic hydroxyl groups excluding tert-OH is 1. The Morgan fingerprint density at radius 1 is 1.46 bits per heavy atom. The predicted molar refractivity (Wildman–Crippen MR) is 51.9 cm³/mol. The molecular formula is C11H14O2. The lowest BCUT2D eigenvalue weighted by Crippen LogP contribution is -2.22. The van der Waals surface area contributed by atoms with Gasteiger partial charge < -0.3 is 5.11 Å². The van der Waals surface area contributed by atoms with Crippen LogP contribution in [0.1, 0.15) is 29.8 Å². The van der Waals surface area contributed by atoms with Crippen molar-refractivity contribution in [1.29, 1.82) is 0 Å². The summed E-state index contributed by atoms with van der Waals surface area (Å²) in [5, 5.41) is 9.12. The van der Waals surface area contributed by atoms with Gasteiger partial charge in [-0.25, -0.2) is 0 Å². The van der Waals surface area contributed by atoms with Crippen molar-refractivity contribution in [3.05, 3.63) is 35.4 Å². The van der Waals surface area contributed by atoms with Gasteiger partial charge in [0, 0.05) is 11.0 Å². The maximum Gasteiger partial charge on any atom is 0.150 e. The highest BCUT2D eigenvalue weighted by Gasteiger charge is 2.18. The smallest absolute Gasteiger partial charge is 0.150 e. The molecule has 0 aliphatic rings. The summed E-state index contributed by atoms with van der Waals surface area (Å²) in [5.41, 5.74) is 1.36. The molecule has 1 N–H and O–H groups in total. The molecule has 0 bridgehead atoms. The standard InChI is InChI=1S/C11H14O2/c1-11(2,8-13)10-5-3-4-9(6-10)7-12/h3-7,13H,8H2,1-2H3. The van der Waals surface area contributed by atoms with E-state index in [1.54, 1.807) is 6.07 Å². The molecule has 0 radical (unpaired) electrons. The molecule has 1 rings (SSSR count). The maximum absolute atomic E-state index is 10.5. The zero-order valence-corrected chi connectivity index (χ0v) is 7.95. The van der Waals surface area contributed by atoms with Gasteiger partial charge in [0.2, 0.25) is 0 Å². The Balaban J connectivity index is 3.08. The van der Waals surface area contributed by atoms with Crippen LogP contribution in [0.5, 0.6) is 0 Å². The number of benzene rings is 1. The number of hydrogen-bond donors (Lipinski definition) is 1. The van der Waals surface area contributed by atoms with Gasteiger partial charge in [-0.2, -0.15) is 0 Å². The Bertz CT molecular complexity index is 303.